The minimum absolute atomic E-state index is 0.406. The van der Waals surface area contributed by atoms with E-state index in [4.69, 9.17) is 4.74 Å². The third kappa shape index (κ3) is 1.29. The van der Waals surface area contributed by atoms with E-state index in [0.717, 1.165) is 5.75 Å². The van der Waals surface area contributed by atoms with Crippen molar-refractivity contribution in [3.63, 3.8) is 0 Å². The van der Waals surface area contributed by atoms with Crippen molar-refractivity contribution in [1.82, 2.24) is 9.78 Å². The first kappa shape index (κ1) is 7.12. The molecule has 10 heavy (non-hydrogen) atoms. The number of nitrogens with zero attached hydrogens (tertiary/aromatic N) is 2. The van der Waals surface area contributed by atoms with Gasteiger partial charge in [-0.3, -0.25) is 4.68 Å². The zero-order valence-corrected chi connectivity index (χ0v) is 6.53. The average Bonchev–Trinajstić information content (AvgIpc) is 2.34. The van der Waals surface area contributed by atoms with Gasteiger partial charge in [-0.2, -0.15) is 5.10 Å². The van der Waals surface area contributed by atoms with E-state index < -0.39 is 0 Å². The van der Waals surface area contributed by atoms with Crippen LogP contribution in [0.2, 0.25) is 0 Å². The van der Waals surface area contributed by atoms with E-state index in [1.54, 1.807) is 13.3 Å². The Balaban J connectivity index is 2.78. The van der Waals surface area contributed by atoms with Crippen molar-refractivity contribution >= 4 is 0 Å². The van der Waals surface area contributed by atoms with E-state index in [-0.39, 0.29) is 0 Å². The van der Waals surface area contributed by atoms with Crippen molar-refractivity contribution < 1.29 is 4.74 Å². The fraction of sp³-hybridized carbons (Fsp3) is 0.571. The van der Waals surface area contributed by atoms with Crippen LogP contribution >= 0.6 is 0 Å². The molecule has 0 fully saturated rings. The van der Waals surface area contributed by atoms with Gasteiger partial charge in [0.15, 0.2) is 5.75 Å². The molecule has 0 aromatic carbocycles. The Kier molecular flexibility index (Phi) is 1.94. The van der Waals surface area contributed by atoms with Gasteiger partial charge in [0.25, 0.3) is 0 Å². The fourth-order valence-electron chi connectivity index (χ4n) is 0.708. The highest BCUT2D eigenvalue weighted by molar-refractivity contribution is 5.11. The highest BCUT2D eigenvalue weighted by Gasteiger charge is 1.99. The minimum Gasteiger partial charge on any atom is -0.493 e. The van der Waals surface area contributed by atoms with Gasteiger partial charge < -0.3 is 4.74 Å². The van der Waals surface area contributed by atoms with E-state index in [2.05, 4.69) is 18.9 Å². The summed E-state index contributed by atoms with van der Waals surface area (Å²) in [5.74, 6) is 0.814. The summed E-state index contributed by atoms with van der Waals surface area (Å²) >= 11 is 0. The molecule has 0 bridgehead atoms. The smallest absolute Gasteiger partial charge is 0.156 e. The van der Waals surface area contributed by atoms with Crippen LogP contribution in [0.4, 0.5) is 0 Å². The number of ether oxygens (including phenoxy) is 1. The largest absolute Gasteiger partial charge is 0.493 e. The summed E-state index contributed by atoms with van der Waals surface area (Å²) in [6, 6.07) is 0.406. The number of rotatable bonds is 2. The van der Waals surface area contributed by atoms with E-state index >= 15 is 0 Å². The van der Waals surface area contributed by atoms with Crippen LogP contribution in [0.3, 0.4) is 0 Å². The summed E-state index contributed by atoms with van der Waals surface area (Å²) in [4.78, 5) is 0. The lowest BCUT2D eigenvalue weighted by molar-refractivity contribution is 0.412. The number of methoxy groups -OCH3 is 1. The molecule has 1 aromatic rings. The van der Waals surface area contributed by atoms with E-state index in [9.17, 15) is 0 Å². The van der Waals surface area contributed by atoms with Crippen molar-refractivity contribution in [2.75, 3.05) is 7.11 Å². The van der Waals surface area contributed by atoms with Crippen LogP contribution in [-0.2, 0) is 0 Å². The number of hydrogen-bond acceptors (Lipinski definition) is 2. The second-order valence-electron chi connectivity index (χ2n) is 2.45. The van der Waals surface area contributed by atoms with Gasteiger partial charge in [-0.05, 0) is 13.8 Å². The van der Waals surface area contributed by atoms with Crippen molar-refractivity contribution in [3.8, 4) is 5.75 Å². The summed E-state index contributed by atoms with van der Waals surface area (Å²) in [6.07, 6.45) is 3.59. The van der Waals surface area contributed by atoms with E-state index in [1.807, 2.05) is 10.9 Å². The summed E-state index contributed by atoms with van der Waals surface area (Å²) in [5, 5.41) is 4.08. The molecule has 56 valence electrons. The SMILES string of the molecule is COc1cnn(C(C)C)c1. The topological polar surface area (TPSA) is 27.1 Å². The predicted octanol–water partition coefficient (Wildman–Crippen LogP) is 1.47. The van der Waals surface area contributed by atoms with Gasteiger partial charge >= 0.3 is 0 Å². The summed E-state index contributed by atoms with van der Waals surface area (Å²) in [5.41, 5.74) is 0. The van der Waals surface area contributed by atoms with Gasteiger partial charge in [-0.1, -0.05) is 0 Å². The Morgan fingerprint density at radius 3 is 2.60 bits per heavy atom. The van der Waals surface area contributed by atoms with Crippen LogP contribution in [0.5, 0.6) is 5.75 Å². The van der Waals surface area contributed by atoms with Crippen molar-refractivity contribution in [3.05, 3.63) is 12.4 Å². The zero-order valence-electron chi connectivity index (χ0n) is 6.53. The van der Waals surface area contributed by atoms with Crippen molar-refractivity contribution in [2.24, 2.45) is 0 Å². The highest BCUT2D eigenvalue weighted by Crippen LogP contribution is 2.10. The van der Waals surface area contributed by atoms with Gasteiger partial charge in [-0.15, -0.1) is 0 Å². The molecular weight excluding hydrogens is 128 g/mol. The van der Waals surface area contributed by atoms with E-state index in [0.29, 0.717) is 6.04 Å². The molecule has 3 heteroatoms. The molecule has 0 atom stereocenters. The maximum atomic E-state index is 4.96. The summed E-state index contributed by atoms with van der Waals surface area (Å²) in [7, 11) is 1.64. The van der Waals surface area contributed by atoms with Gasteiger partial charge in [-0.25, -0.2) is 0 Å². The van der Waals surface area contributed by atoms with Crippen LogP contribution in [0.15, 0.2) is 12.4 Å². The molecule has 0 aliphatic carbocycles. The molecule has 0 N–H and O–H groups in total. The summed E-state index contributed by atoms with van der Waals surface area (Å²) < 4.78 is 6.82. The molecule has 0 aliphatic rings. The highest BCUT2D eigenvalue weighted by atomic mass is 16.5. The molecule has 0 saturated carbocycles. The normalized spacial score (nSPS) is 10.4. The number of hydrogen-bond donors (Lipinski definition) is 0. The molecule has 1 heterocycles. The molecule has 1 rings (SSSR count). The molecule has 1 aromatic heterocycles. The first-order valence-electron chi connectivity index (χ1n) is 3.32. The van der Waals surface area contributed by atoms with E-state index in [1.165, 1.54) is 0 Å². The van der Waals surface area contributed by atoms with Crippen LogP contribution in [0, 0.1) is 0 Å². The Hall–Kier alpha value is -0.990. The average molecular weight is 140 g/mol. The maximum Gasteiger partial charge on any atom is 0.156 e. The molecular formula is C7H12N2O. The minimum atomic E-state index is 0.406. The second-order valence-corrected chi connectivity index (χ2v) is 2.45. The van der Waals surface area contributed by atoms with Gasteiger partial charge in [0.2, 0.25) is 0 Å². The molecule has 0 saturated heterocycles. The van der Waals surface area contributed by atoms with Gasteiger partial charge in [0.1, 0.15) is 0 Å². The Bertz CT molecular complexity index is 205. The fourth-order valence-corrected chi connectivity index (χ4v) is 0.708. The Morgan fingerprint density at radius 1 is 1.60 bits per heavy atom. The van der Waals surface area contributed by atoms with Crippen LogP contribution in [0.25, 0.3) is 0 Å². The van der Waals surface area contributed by atoms with Crippen molar-refractivity contribution in [1.29, 1.82) is 0 Å². The monoisotopic (exact) mass is 140 g/mol. The second kappa shape index (κ2) is 2.73. The summed E-state index contributed by atoms with van der Waals surface area (Å²) in [6.45, 7) is 4.15. The standard InChI is InChI=1S/C7H12N2O/c1-6(2)9-5-7(10-3)4-8-9/h4-6H,1-3H3. The molecule has 0 aliphatic heterocycles. The molecule has 0 amide bonds. The van der Waals surface area contributed by atoms with Crippen molar-refractivity contribution in [2.45, 2.75) is 19.9 Å². The number of aromatic nitrogens is 2. The lowest BCUT2D eigenvalue weighted by Gasteiger charge is -2.02. The first-order chi connectivity index (χ1) is 4.74. The molecule has 3 nitrogen and oxygen atoms in total. The maximum absolute atomic E-state index is 4.96. The third-order valence-corrected chi connectivity index (χ3v) is 1.34. The molecule has 0 radical (unpaired) electrons. The first-order valence-corrected chi connectivity index (χ1v) is 3.32. The predicted molar refractivity (Wildman–Crippen MR) is 39.2 cm³/mol. The Morgan fingerprint density at radius 2 is 2.30 bits per heavy atom. The molecule has 0 unspecified atom stereocenters. The Labute approximate surface area is 60.6 Å². The van der Waals surface area contributed by atoms with Crippen LogP contribution in [-0.4, -0.2) is 16.9 Å². The third-order valence-electron chi connectivity index (χ3n) is 1.34. The van der Waals surface area contributed by atoms with Crippen LogP contribution in [0.1, 0.15) is 19.9 Å². The molecule has 0 spiro atoms. The quantitative estimate of drug-likeness (QED) is 0.622. The zero-order chi connectivity index (χ0) is 7.56. The lowest BCUT2D eigenvalue weighted by atomic mass is 10.4. The van der Waals surface area contributed by atoms with Gasteiger partial charge in [0.05, 0.1) is 19.5 Å². The van der Waals surface area contributed by atoms with Gasteiger partial charge in [0, 0.05) is 6.04 Å². The van der Waals surface area contributed by atoms with Crippen LogP contribution < -0.4 is 4.74 Å². The lowest BCUT2D eigenvalue weighted by Crippen LogP contribution is -1.99.